The molecule has 9 heteroatoms. The third kappa shape index (κ3) is 4.94. The number of nitrogens with one attached hydrogen (secondary N) is 3. The Morgan fingerprint density at radius 1 is 0.893 bits per heavy atom. The molecule has 2 aromatic carbocycles. The summed E-state index contributed by atoms with van der Waals surface area (Å²) in [6.45, 7) is 0.147. The number of hydrogen-bond acceptors (Lipinski definition) is 5. The minimum absolute atomic E-state index is 0.147. The van der Waals surface area contributed by atoms with Crippen molar-refractivity contribution in [1.29, 1.82) is 0 Å². The molecule has 0 bridgehead atoms. The lowest BCUT2D eigenvalue weighted by atomic mass is 10.1. The molecule has 0 aliphatic carbocycles. The average molecular weight is 380 g/mol. The maximum atomic E-state index is 12.0. The molecule has 1 aromatic heterocycles. The highest BCUT2D eigenvalue weighted by molar-refractivity contribution is 6.43. The lowest BCUT2D eigenvalue weighted by Gasteiger charge is -2.08. The van der Waals surface area contributed by atoms with Crippen molar-refractivity contribution in [2.24, 2.45) is 0 Å². The number of anilines is 2. The fourth-order valence-corrected chi connectivity index (χ4v) is 2.34. The van der Waals surface area contributed by atoms with Gasteiger partial charge in [0.05, 0.1) is 6.20 Å². The van der Waals surface area contributed by atoms with E-state index in [-0.39, 0.29) is 6.54 Å². The van der Waals surface area contributed by atoms with Crippen molar-refractivity contribution < 1.29 is 23.9 Å². The average Bonchev–Trinajstić information content (AvgIpc) is 3.22. The predicted molar refractivity (Wildman–Crippen MR) is 101 cm³/mol. The Bertz CT molecular complexity index is 967. The lowest BCUT2D eigenvalue weighted by Crippen LogP contribution is -2.29. The van der Waals surface area contributed by atoms with E-state index in [4.69, 9.17) is 9.52 Å². The molecular weight excluding hydrogens is 364 g/mol. The first-order valence-corrected chi connectivity index (χ1v) is 8.18. The van der Waals surface area contributed by atoms with Crippen LogP contribution in [0.1, 0.15) is 5.56 Å². The van der Waals surface area contributed by atoms with Crippen molar-refractivity contribution in [3.8, 4) is 11.3 Å². The first-order chi connectivity index (χ1) is 13.5. The molecule has 0 atom stereocenters. The number of nitrogens with zero attached hydrogens (tertiary/aromatic N) is 1. The van der Waals surface area contributed by atoms with Gasteiger partial charge in [0.15, 0.2) is 12.2 Å². The van der Waals surface area contributed by atoms with Gasteiger partial charge in [0, 0.05) is 23.5 Å². The molecule has 0 fully saturated rings. The van der Waals surface area contributed by atoms with Gasteiger partial charge in [0.25, 0.3) is 0 Å². The number of rotatable bonds is 5. The largest absolute Gasteiger partial charge is 0.465 e. The van der Waals surface area contributed by atoms with E-state index in [0.717, 1.165) is 11.1 Å². The summed E-state index contributed by atoms with van der Waals surface area (Å²) >= 11 is 0. The lowest BCUT2D eigenvalue weighted by molar-refractivity contribution is -0.132. The molecule has 9 nitrogen and oxygen atoms in total. The minimum Gasteiger partial charge on any atom is -0.465 e. The number of aromatic nitrogens is 1. The second-order valence-corrected chi connectivity index (χ2v) is 5.71. The summed E-state index contributed by atoms with van der Waals surface area (Å²) in [7, 11) is 0. The zero-order valence-electron chi connectivity index (χ0n) is 14.5. The summed E-state index contributed by atoms with van der Waals surface area (Å²) in [5, 5.41) is 15.8. The Hall–Kier alpha value is -4.14. The monoisotopic (exact) mass is 380 g/mol. The molecule has 0 unspecified atom stereocenters. The van der Waals surface area contributed by atoms with Gasteiger partial charge in [-0.1, -0.05) is 12.1 Å². The Morgan fingerprint density at radius 3 is 1.96 bits per heavy atom. The number of carbonyl (C=O) groups is 3. The van der Waals surface area contributed by atoms with E-state index < -0.39 is 17.9 Å². The van der Waals surface area contributed by atoms with Gasteiger partial charge in [-0.3, -0.25) is 9.59 Å². The van der Waals surface area contributed by atoms with Crippen LogP contribution in [0.15, 0.2) is 65.5 Å². The maximum absolute atomic E-state index is 12.0. The SMILES string of the molecule is O=C(O)NCc1ccc(NC(=O)C(=O)Nc2ccc(-c3cnco3)cc2)cc1. The van der Waals surface area contributed by atoms with E-state index in [9.17, 15) is 14.4 Å². The number of oxazole rings is 1. The fraction of sp³-hybridized carbons (Fsp3) is 0.0526. The van der Waals surface area contributed by atoms with Crippen molar-refractivity contribution >= 4 is 29.3 Å². The Balaban J connectivity index is 1.54. The summed E-state index contributed by atoms with van der Waals surface area (Å²) in [5.74, 6) is -1.04. The van der Waals surface area contributed by atoms with Crippen molar-refractivity contribution in [2.45, 2.75) is 6.54 Å². The number of hydrogen-bond donors (Lipinski definition) is 4. The van der Waals surface area contributed by atoms with E-state index >= 15 is 0 Å². The summed E-state index contributed by atoms with van der Waals surface area (Å²) in [6.07, 6.45) is 1.78. The number of carbonyl (C=O) groups excluding carboxylic acids is 2. The van der Waals surface area contributed by atoms with Gasteiger partial charge in [-0.05, 0) is 42.0 Å². The second-order valence-electron chi connectivity index (χ2n) is 5.71. The molecule has 0 saturated carbocycles. The molecule has 4 N–H and O–H groups in total. The third-order valence-corrected chi connectivity index (χ3v) is 3.72. The summed E-state index contributed by atoms with van der Waals surface area (Å²) in [4.78, 5) is 38.4. The first kappa shape index (κ1) is 18.6. The van der Waals surface area contributed by atoms with Crippen LogP contribution < -0.4 is 16.0 Å². The Labute approximate surface area is 159 Å². The van der Waals surface area contributed by atoms with Crippen LogP contribution in [-0.2, 0) is 16.1 Å². The first-order valence-electron chi connectivity index (χ1n) is 8.18. The third-order valence-electron chi connectivity index (χ3n) is 3.72. The van der Waals surface area contributed by atoms with Gasteiger partial charge < -0.3 is 25.5 Å². The van der Waals surface area contributed by atoms with Gasteiger partial charge in [0.1, 0.15) is 0 Å². The van der Waals surface area contributed by atoms with Gasteiger partial charge in [-0.2, -0.15) is 0 Å². The Kier molecular flexibility index (Phi) is 5.66. The highest BCUT2D eigenvalue weighted by Crippen LogP contribution is 2.20. The van der Waals surface area contributed by atoms with Gasteiger partial charge in [0.2, 0.25) is 0 Å². The summed E-state index contributed by atoms with van der Waals surface area (Å²) in [6, 6.07) is 13.2. The van der Waals surface area contributed by atoms with Crippen LogP contribution in [0.5, 0.6) is 0 Å². The van der Waals surface area contributed by atoms with Gasteiger partial charge in [-0.25, -0.2) is 9.78 Å². The minimum atomic E-state index is -1.12. The van der Waals surface area contributed by atoms with Crippen LogP contribution in [-0.4, -0.2) is 28.0 Å². The molecule has 3 amide bonds. The van der Waals surface area contributed by atoms with Crippen LogP contribution in [0.3, 0.4) is 0 Å². The molecule has 142 valence electrons. The maximum Gasteiger partial charge on any atom is 0.404 e. The quantitative estimate of drug-likeness (QED) is 0.503. The van der Waals surface area contributed by atoms with Crippen molar-refractivity contribution in [1.82, 2.24) is 10.3 Å². The molecule has 28 heavy (non-hydrogen) atoms. The van der Waals surface area contributed by atoms with Crippen LogP contribution in [0.25, 0.3) is 11.3 Å². The molecule has 0 saturated heterocycles. The molecule has 0 spiro atoms. The number of benzene rings is 2. The van der Waals surface area contributed by atoms with E-state index in [0.29, 0.717) is 17.1 Å². The molecular formula is C19H16N4O5. The van der Waals surface area contributed by atoms with E-state index in [2.05, 4.69) is 20.9 Å². The fourth-order valence-electron chi connectivity index (χ4n) is 2.34. The molecule has 1 heterocycles. The zero-order valence-corrected chi connectivity index (χ0v) is 14.5. The van der Waals surface area contributed by atoms with Crippen LogP contribution in [0.2, 0.25) is 0 Å². The second kappa shape index (κ2) is 8.49. The molecule has 0 aliphatic rings. The van der Waals surface area contributed by atoms with Gasteiger partial charge >= 0.3 is 17.9 Å². The van der Waals surface area contributed by atoms with Crippen LogP contribution in [0, 0.1) is 0 Å². The molecule has 0 radical (unpaired) electrons. The number of amides is 3. The van der Waals surface area contributed by atoms with E-state index in [1.165, 1.54) is 6.39 Å². The zero-order chi connectivity index (χ0) is 19.9. The van der Waals surface area contributed by atoms with Crippen LogP contribution >= 0.6 is 0 Å². The summed E-state index contributed by atoms with van der Waals surface area (Å²) in [5.41, 5.74) is 2.38. The molecule has 3 aromatic rings. The highest BCUT2D eigenvalue weighted by atomic mass is 16.4. The smallest absolute Gasteiger partial charge is 0.404 e. The van der Waals surface area contributed by atoms with E-state index in [1.54, 1.807) is 54.7 Å². The highest BCUT2D eigenvalue weighted by Gasteiger charge is 2.14. The van der Waals surface area contributed by atoms with Crippen molar-refractivity contribution in [2.75, 3.05) is 10.6 Å². The van der Waals surface area contributed by atoms with Crippen molar-refractivity contribution in [3.05, 3.63) is 66.7 Å². The normalized spacial score (nSPS) is 10.1. The summed E-state index contributed by atoms with van der Waals surface area (Å²) < 4.78 is 5.18. The molecule has 3 rings (SSSR count). The van der Waals surface area contributed by atoms with E-state index in [1.807, 2.05) is 0 Å². The standard InChI is InChI=1S/C19H16N4O5/c24-17(22-14-5-1-12(2-6-14)9-21-19(26)27)18(25)23-15-7-3-13(4-8-15)16-10-20-11-28-16/h1-8,10-11,21H,9H2,(H,22,24)(H,23,25)(H,26,27). The molecule has 0 aliphatic heterocycles. The number of carboxylic acid groups (broad SMARTS) is 1. The predicted octanol–water partition coefficient (Wildman–Crippen LogP) is 2.69. The van der Waals surface area contributed by atoms with Gasteiger partial charge in [-0.15, -0.1) is 0 Å². The Morgan fingerprint density at radius 2 is 1.46 bits per heavy atom. The topological polar surface area (TPSA) is 134 Å². The van der Waals surface area contributed by atoms with Crippen molar-refractivity contribution in [3.63, 3.8) is 0 Å². The van der Waals surface area contributed by atoms with Crippen LogP contribution in [0.4, 0.5) is 16.2 Å².